The summed E-state index contributed by atoms with van der Waals surface area (Å²) in [4.78, 5) is 30.0. The van der Waals surface area contributed by atoms with E-state index in [0.29, 0.717) is 18.1 Å². The van der Waals surface area contributed by atoms with Gasteiger partial charge < -0.3 is 19.9 Å². The van der Waals surface area contributed by atoms with Crippen molar-refractivity contribution in [2.24, 2.45) is 5.92 Å². The molecule has 1 N–H and O–H groups in total. The molecule has 2 aliphatic heterocycles. The molecule has 2 heterocycles. The fraction of sp³-hybridized carbons (Fsp3) is 0.462. The van der Waals surface area contributed by atoms with Crippen molar-refractivity contribution in [1.82, 2.24) is 15.1 Å². The summed E-state index contributed by atoms with van der Waals surface area (Å²) in [6.45, 7) is 2.29. The molecular formula is C26H29ClF3N3O3. The van der Waals surface area contributed by atoms with Crippen LogP contribution in [0.4, 0.5) is 13.2 Å². The quantitative estimate of drug-likeness (QED) is 0.630. The number of likely N-dealkylation sites (tertiary alicyclic amines) is 1. The van der Waals surface area contributed by atoms with Crippen LogP contribution in [0.2, 0.25) is 5.02 Å². The number of alkyl halides is 3. The standard InChI is InChI=1S/C26H29ClF3N3O3/c1-32(24(34)18-5-8-23(36-2)21(13-18)26(28,29)30)22-15-33(25(35)17-9-11-31-12-10-17)14-20(22)16-3-6-19(27)7-4-16/h3-8,13,17,20,22,31H,9-12,14-15H2,1-2H3/t20-,22+/m0/s1. The van der Waals surface area contributed by atoms with E-state index in [4.69, 9.17) is 16.3 Å². The highest BCUT2D eigenvalue weighted by Gasteiger charge is 2.42. The number of methoxy groups -OCH3 is 1. The summed E-state index contributed by atoms with van der Waals surface area (Å²) in [5, 5.41) is 3.83. The first kappa shape index (κ1) is 26.3. The molecule has 2 fully saturated rings. The molecule has 0 unspecified atom stereocenters. The Kier molecular flexibility index (Phi) is 7.80. The van der Waals surface area contributed by atoms with E-state index in [-0.39, 0.29) is 29.1 Å². The fourth-order valence-electron chi connectivity index (χ4n) is 5.14. The Balaban J connectivity index is 1.62. The molecule has 2 aromatic rings. The Labute approximate surface area is 213 Å². The molecule has 0 bridgehead atoms. The van der Waals surface area contributed by atoms with Crippen LogP contribution < -0.4 is 10.1 Å². The van der Waals surface area contributed by atoms with Gasteiger partial charge in [-0.15, -0.1) is 0 Å². The minimum Gasteiger partial charge on any atom is -0.496 e. The zero-order chi connectivity index (χ0) is 26.0. The van der Waals surface area contributed by atoms with Gasteiger partial charge in [0.05, 0.1) is 18.7 Å². The lowest BCUT2D eigenvalue weighted by Crippen LogP contribution is -2.43. The van der Waals surface area contributed by atoms with Gasteiger partial charge in [-0.3, -0.25) is 9.59 Å². The summed E-state index contributed by atoms with van der Waals surface area (Å²) < 4.78 is 45.5. The molecule has 0 aliphatic carbocycles. The van der Waals surface area contributed by atoms with E-state index in [9.17, 15) is 22.8 Å². The number of piperidine rings is 1. The van der Waals surface area contributed by atoms with Crippen LogP contribution in [0.15, 0.2) is 42.5 Å². The van der Waals surface area contributed by atoms with Crippen LogP contribution in [-0.4, -0.2) is 68.0 Å². The largest absolute Gasteiger partial charge is 0.496 e. The van der Waals surface area contributed by atoms with Crippen molar-refractivity contribution in [1.29, 1.82) is 0 Å². The van der Waals surface area contributed by atoms with Crippen molar-refractivity contribution in [3.05, 3.63) is 64.2 Å². The Morgan fingerprint density at radius 2 is 1.75 bits per heavy atom. The average molecular weight is 524 g/mol. The molecule has 0 saturated carbocycles. The second-order valence-electron chi connectivity index (χ2n) is 9.32. The first-order valence-corrected chi connectivity index (χ1v) is 12.2. The number of hydrogen-bond donors (Lipinski definition) is 1. The maximum absolute atomic E-state index is 13.5. The third-order valence-corrected chi connectivity index (χ3v) is 7.41. The minimum atomic E-state index is -4.67. The Morgan fingerprint density at radius 1 is 1.08 bits per heavy atom. The first-order valence-electron chi connectivity index (χ1n) is 11.9. The Bertz CT molecular complexity index is 1100. The first-order chi connectivity index (χ1) is 17.1. The van der Waals surface area contributed by atoms with Gasteiger partial charge in [0.1, 0.15) is 5.75 Å². The predicted molar refractivity (Wildman–Crippen MR) is 130 cm³/mol. The number of likely N-dealkylation sites (N-methyl/N-ethyl adjacent to an activating group) is 1. The number of ether oxygens (including phenoxy) is 1. The van der Waals surface area contributed by atoms with Crippen LogP contribution in [0.5, 0.6) is 5.75 Å². The van der Waals surface area contributed by atoms with Crippen LogP contribution >= 0.6 is 11.6 Å². The van der Waals surface area contributed by atoms with E-state index in [0.717, 1.165) is 50.7 Å². The van der Waals surface area contributed by atoms with E-state index in [1.807, 2.05) is 12.1 Å². The molecule has 2 aromatic carbocycles. The smallest absolute Gasteiger partial charge is 0.419 e. The fourth-order valence-corrected chi connectivity index (χ4v) is 5.27. The van der Waals surface area contributed by atoms with Gasteiger partial charge in [-0.05, 0) is 61.8 Å². The van der Waals surface area contributed by atoms with Gasteiger partial charge in [-0.25, -0.2) is 0 Å². The van der Waals surface area contributed by atoms with E-state index in [2.05, 4.69) is 5.32 Å². The lowest BCUT2D eigenvalue weighted by Gasteiger charge is -2.30. The molecule has 10 heteroatoms. The average Bonchev–Trinajstić information content (AvgIpc) is 3.33. The number of hydrogen-bond acceptors (Lipinski definition) is 4. The molecule has 0 radical (unpaired) electrons. The third kappa shape index (κ3) is 5.47. The SMILES string of the molecule is COc1ccc(C(=O)N(C)[C@@H]2CN(C(=O)C3CCNCC3)C[C@H]2c2ccc(Cl)cc2)cc1C(F)(F)F. The van der Waals surface area contributed by atoms with Crippen molar-refractivity contribution in [3.8, 4) is 5.75 Å². The molecule has 0 aromatic heterocycles. The van der Waals surface area contributed by atoms with Gasteiger partial charge in [0.25, 0.3) is 5.91 Å². The molecule has 0 spiro atoms. The molecule has 36 heavy (non-hydrogen) atoms. The summed E-state index contributed by atoms with van der Waals surface area (Å²) in [6, 6.07) is 10.1. The third-order valence-electron chi connectivity index (χ3n) is 7.16. The number of rotatable bonds is 5. The van der Waals surface area contributed by atoms with E-state index < -0.39 is 23.7 Å². The molecule has 4 rings (SSSR count). The molecule has 2 amide bonds. The number of nitrogens with one attached hydrogen (secondary N) is 1. The summed E-state index contributed by atoms with van der Waals surface area (Å²) in [7, 11) is 2.73. The monoisotopic (exact) mass is 523 g/mol. The highest BCUT2D eigenvalue weighted by Crippen LogP contribution is 2.38. The van der Waals surface area contributed by atoms with E-state index >= 15 is 0 Å². The van der Waals surface area contributed by atoms with Crippen molar-refractivity contribution >= 4 is 23.4 Å². The predicted octanol–water partition coefficient (Wildman–Crippen LogP) is 4.43. The van der Waals surface area contributed by atoms with E-state index in [1.165, 1.54) is 11.0 Å². The zero-order valence-corrected chi connectivity index (χ0v) is 20.9. The maximum Gasteiger partial charge on any atom is 0.419 e. The normalized spacial score (nSPS) is 20.9. The van der Waals surface area contributed by atoms with Crippen LogP contribution in [-0.2, 0) is 11.0 Å². The lowest BCUT2D eigenvalue weighted by atomic mass is 9.93. The second kappa shape index (κ2) is 10.7. The van der Waals surface area contributed by atoms with Gasteiger partial charge in [0.2, 0.25) is 5.91 Å². The number of carbonyl (C=O) groups is 2. The lowest BCUT2D eigenvalue weighted by molar-refractivity contribution is -0.139. The number of carbonyl (C=O) groups excluding carboxylic acids is 2. The maximum atomic E-state index is 13.5. The summed E-state index contributed by atoms with van der Waals surface area (Å²) in [5.41, 5.74) is -0.188. The number of halogens is 4. The van der Waals surface area contributed by atoms with Crippen LogP contribution in [0.25, 0.3) is 0 Å². The minimum absolute atomic E-state index is 0.0580. The molecular weight excluding hydrogens is 495 g/mol. The van der Waals surface area contributed by atoms with Gasteiger partial charge in [0, 0.05) is 42.6 Å². The molecule has 2 atom stereocenters. The van der Waals surface area contributed by atoms with Crippen molar-refractivity contribution in [2.45, 2.75) is 31.0 Å². The topological polar surface area (TPSA) is 61.9 Å². The highest BCUT2D eigenvalue weighted by atomic mass is 35.5. The molecule has 194 valence electrons. The van der Waals surface area contributed by atoms with Gasteiger partial charge >= 0.3 is 6.18 Å². The molecule has 2 aliphatic rings. The summed E-state index contributed by atoms with van der Waals surface area (Å²) in [5.74, 6) is -1.12. The van der Waals surface area contributed by atoms with E-state index in [1.54, 1.807) is 24.1 Å². The summed E-state index contributed by atoms with van der Waals surface area (Å²) in [6.07, 6.45) is -3.16. The molecule has 2 saturated heterocycles. The second-order valence-corrected chi connectivity index (χ2v) is 9.76. The van der Waals surface area contributed by atoms with Crippen molar-refractivity contribution in [2.75, 3.05) is 40.3 Å². The Hall–Kier alpha value is -2.78. The zero-order valence-electron chi connectivity index (χ0n) is 20.1. The van der Waals surface area contributed by atoms with Crippen LogP contribution in [0.1, 0.15) is 40.2 Å². The summed E-state index contributed by atoms with van der Waals surface area (Å²) >= 11 is 6.07. The van der Waals surface area contributed by atoms with Gasteiger partial charge in [-0.2, -0.15) is 13.2 Å². The number of amides is 2. The van der Waals surface area contributed by atoms with Crippen molar-refractivity contribution < 1.29 is 27.5 Å². The number of nitrogens with zero attached hydrogens (tertiary/aromatic N) is 2. The van der Waals surface area contributed by atoms with Gasteiger partial charge in [0.15, 0.2) is 0 Å². The van der Waals surface area contributed by atoms with Crippen LogP contribution in [0, 0.1) is 5.92 Å². The molecule has 6 nitrogen and oxygen atoms in total. The highest BCUT2D eigenvalue weighted by molar-refractivity contribution is 6.30. The number of benzene rings is 2. The van der Waals surface area contributed by atoms with Crippen LogP contribution in [0.3, 0.4) is 0 Å². The Morgan fingerprint density at radius 3 is 2.36 bits per heavy atom. The van der Waals surface area contributed by atoms with Gasteiger partial charge in [-0.1, -0.05) is 23.7 Å². The van der Waals surface area contributed by atoms with Crippen molar-refractivity contribution in [3.63, 3.8) is 0 Å².